The maximum atomic E-state index is 13.5. The van der Waals surface area contributed by atoms with Gasteiger partial charge in [-0.2, -0.15) is 5.10 Å². The lowest BCUT2D eigenvalue weighted by molar-refractivity contribution is -0.134. The molecule has 2 aliphatic heterocycles. The van der Waals surface area contributed by atoms with Gasteiger partial charge in [-0.1, -0.05) is 17.7 Å². The first-order valence-corrected chi connectivity index (χ1v) is 9.13. The highest BCUT2D eigenvalue weighted by molar-refractivity contribution is 6.29. The van der Waals surface area contributed by atoms with Gasteiger partial charge in [-0.15, -0.1) is 0 Å². The van der Waals surface area contributed by atoms with E-state index in [9.17, 15) is 14.0 Å². The minimum absolute atomic E-state index is 0.111. The molecule has 0 radical (unpaired) electrons. The Kier molecular flexibility index (Phi) is 4.52. The highest BCUT2D eigenvalue weighted by Gasteiger charge is 2.36. The fraction of sp³-hybridized carbons (Fsp3) is 0.529. The Bertz CT molecular complexity index is 896. The van der Waals surface area contributed by atoms with Crippen LogP contribution in [0.5, 0.6) is 0 Å². The molecule has 0 aliphatic carbocycles. The van der Waals surface area contributed by atoms with Gasteiger partial charge in [0.05, 0.1) is 18.8 Å². The summed E-state index contributed by atoms with van der Waals surface area (Å²) in [5, 5.41) is 4.74. The number of halogens is 2. The molecule has 1 saturated heterocycles. The Hall–Kier alpha value is -2.22. The third kappa shape index (κ3) is 3.13. The second-order valence-corrected chi connectivity index (χ2v) is 7.14. The lowest BCUT2D eigenvalue weighted by atomic mass is 10.0. The van der Waals surface area contributed by atoms with Crippen LogP contribution in [0.2, 0.25) is 5.15 Å². The summed E-state index contributed by atoms with van der Waals surface area (Å²) in [5.41, 5.74) is 0.286. The lowest BCUT2D eigenvalue weighted by Crippen LogP contribution is -2.41. The highest BCUT2D eigenvalue weighted by atomic mass is 35.5. The standard InChI is InChI=1S/C17H19ClFN5O2/c18-14-5-1-3-12(20-14)10-23-17(26)24-13(4-2-6-15(24)21-23)16(25)22-8-7-11(19)9-22/h1,3,5,11,13H,2,4,6-10H2/t11-,13-/m0/s1. The number of amides is 1. The minimum atomic E-state index is -0.977. The fourth-order valence-corrected chi connectivity index (χ4v) is 3.87. The van der Waals surface area contributed by atoms with Gasteiger partial charge in [0, 0.05) is 13.0 Å². The average molecular weight is 380 g/mol. The topological polar surface area (TPSA) is 73.0 Å². The molecule has 2 aromatic rings. The number of hydrogen-bond donors (Lipinski definition) is 0. The van der Waals surface area contributed by atoms with Gasteiger partial charge in [-0.3, -0.25) is 9.36 Å². The molecule has 2 aromatic heterocycles. The van der Waals surface area contributed by atoms with Gasteiger partial charge in [0.15, 0.2) is 0 Å². The van der Waals surface area contributed by atoms with Gasteiger partial charge in [-0.05, 0) is 31.4 Å². The summed E-state index contributed by atoms with van der Waals surface area (Å²) in [6, 6.07) is 4.59. The van der Waals surface area contributed by atoms with E-state index in [1.807, 2.05) is 0 Å². The van der Waals surface area contributed by atoms with Crippen molar-refractivity contribution in [1.29, 1.82) is 0 Å². The van der Waals surface area contributed by atoms with Crippen molar-refractivity contribution in [3.05, 3.63) is 45.4 Å². The van der Waals surface area contributed by atoms with E-state index in [1.165, 1.54) is 14.1 Å². The number of aromatic nitrogens is 4. The number of carbonyl (C=O) groups excluding carboxylic acids is 1. The minimum Gasteiger partial charge on any atom is -0.338 e. The van der Waals surface area contributed by atoms with Gasteiger partial charge in [-0.25, -0.2) is 18.9 Å². The maximum Gasteiger partial charge on any atom is 0.347 e. The van der Waals surface area contributed by atoms with Crippen molar-refractivity contribution in [1.82, 2.24) is 24.2 Å². The Morgan fingerprint density at radius 1 is 1.35 bits per heavy atom. The smallest absolute Gasteiger partial charge is 0.338 e. The van der Waals surface area contributed by atoms with E-state index in [2.05, 4.69) is 10.1 Å². The summed E-state index contributed by atoms with van der Waals surface area (Å²) in [6.45, 7) is 0.706. The van der Waals surface area contributed by atoms with E-state index in [0.29, 0.717) is 42.5 Å². The molecular formula is C17H19ClFN5O2. The molecule has 9 heteroatoms. The zero-order valence-electron chi connectivity index (χ0n) is 14.1. The van der Waals surface area contributed by atoms with Gasteiger partial charge < -0.3 is 4.90 Å². The summed E-state index contributed by atoms with van der Waals surface area (Å²) in [5.74, 6) is 0.409. The first-order valence-electron chi connectivity index (χ1n) is 8.75. The van der Waals surface area contributed by atoms with Crippen LogP contribution in [0.1, 0.15) is 36.8 Å². The number of nitrogens with zero attached hydrogens (tertiary/aromatic N) is 5. The third-order valence-electron chi connectivity index (χ3n) is 4.94. The summed E-state index contributed by atoms with van der Waals surface area (Å²) in [6.07, 6.45) is 1.37. The number of rotatable bonds is 3. The monoisotopic (exact) mass is 379 g/mol. The molecule has 0 aromatic carbocycles. The first-order chi connectivity index (χ1) is 12.5. The number of carbonyl (C=O) groups is 1. The van der Waals surface area contributed by atoms with Crippen LogP contribution in [0.4, 0.5) is 4.39 Å². The summed E-state index contributed by atoms with van der Waals surface area (Å²) in [4.78, 5) is 31.4. The second kappa shape index (κ2) is 6.83. The predicted octanol–water partition coefficient (Wildman–Crippen LogP) is 1.59. The van der Waals surface area contributed by atoms with Crippen LogP contribution in [0.25, 0.3) is 0 Å². The van der Waals surface area contributed by atoms with E-state index in [0.717, 1.165) is 6.42 Å². The molecule has 0 spiro atoms. The zero-order chi connectivity index (χ0) is 18.3. The highest BCUT2D eigenvalue weighted by Crippen LogP contribution is 2.26. The van der Waals surface area contributed by atoms with Crippen molar-refractivity contribution in [2.24, 2.45) is 0 Å². The molecule has 26 heavy (non-hydrogen) atoms. The quantitative estimate of drug-likeness (QED) is 0.759. The van der Waals surface area contributed by atoms with Crippen molar-refractivity contribution in [3.63, 3.8) is 0 Å². The second-order valence-electron chi connectivity index (χ2n) is 6.76. The van der Waals surface area contributed by atoms with Crippen molar-refractivity contribution in [3.8, 4) is 0 Å². The molecule has 4 rings (SSSR count). The fourth-order valence-electron chi connectivity index (χ4n) is 3.69. The van der Waals surface area contributed by atoms with E-state index < -0.39 is 12.2 Å². The number of pyridine rings is 1. The largest absolute Gasteiger partial charge is 0.347 e. The Morgan fingerprint density at radius 2 is 2.19 bits per heavy atom. The summed E-state index contributed by atoms with van der Waals surface area (Å²) in [7, 11) is 0. The maximum absolute atomic E-state index is 13.5. The zero-order valence-corrected chi connectivity index (χ0v) is 14.9. The van der Waals surface area contributed by atoms with Crippen LogP contribution in [0.3, 0.4) is 0 Å². The Balaban J connectivity index is 1.63. The van der Waals surface area contributed by atoms with Gasteiger partial charge in [0.1, 0.15) is 23.2 Å². The molecule has 0 N–H and O–H groups in total. The van der Waals surface area contributed by atoms with Crippen LogP contribution in [-0.2, 0) is 17.8 Å². The molecule has 2 atom stereocenters. The van der Waals surface area contributed by atoms with Gasteiger partial charge in [0.2, 0.25) is 5.91 Å². The van der Waals surface area contributed by atoms with Crippen LogP contribution in [-0.4, -0.2) is 49.4 Å². The van der Waals surface area contributed by atoms with Crippen molar-refractivity contribution in [2.75, 3.05) is 13.1 Å². The van der Waals surface area contributed by atoms with Crippen molar-refractivity contribution < 1.29 is 9.18 Å². The third-order valence-corrected chi connectivity index (χ3v) is 5.15. The van der Waals surface area contributed by atoms with Crippen LogP contribution < -0.4 is 5.69 Å². The molecule has 0 bridgehead atoms. The molecule has 1 amide bonds. The van der Waals surface area contributed by atoms with Crippen molar-refractivity contribution in [2.45, 2.75) is 44.4 Å². The Labute approximate surface area is 154 Å². The number of aryl methyl sites for hydroxylation is 1. The van der Waals surface area contributed by atoms with Crippen LogP contribution in [0, 0.1) is 0 Å². The number of hydrogen-bond acceptors (Lipinski definition) is 4. The van der Waals surface area contributed by atoms with Crippen LogP contribution in [0.15, 0.2) is 23.0 Å². The van der Waals surface area contributed by atoms with E-state index in [1.54, 1.807) is 18.2 Å². The molecule has 0 unspecified atom stereocenters. The SMILES string of the molecule is O=C([C@@H]1CCCc2nn(Cc3cccc(Cl)n3)c(=O)n21)N1CC[C@H](F)C1. The van der Waals surface area contributed by atoms with E-state index in [-0.39, 0.29) is 24.7 Å². The van der Waals surface area contributed by atoms with E-state index in [4.69, 9.17) is 11.6 Å². The summed E-state index contributed by atoms with van der Waals surface area (Å²) >= 11 is 5.90. The lowest BCUT2D eigenvalue weighted by Gasteiger charge is -2.26. The number of likely N-dealkylation sites (tertiary alicyclic amines) is 1. The Morgan fingerprint density at radius 3 is 2.92 bits per heavy atom. The van der Waals surface area contributed by atoms with E-state index >= 15 is 0 Å². The molecular weight excluding hydrogens is 361 g/mol. The summed E-state index contributed by atoms with van der Waals surface area (Å²) < 4.78 is 16.3. The first kappa shape index (κ1) is 17.2. The number of alkyl halides is 1. The molecule has 138 valence electrons. The van der Waals surface area contributed by atoms with Gasteiger partial charge >= 0.3 is 5.69 Å². The normalized spacial score (nSPS) is 22.5. The predicted molar refractivity (Wildman–Crippen MR) is 92.9 cm³/mol. The molecule has 0 saturated carbocycles. The molecule has 4 heterocycles. The van der Waals surface area contributed by atoms with Crippen LogP contribution >= 0.6 is 11.6 Å². The number of fused-ring (bicyclic) bond motifs is 1. The van der Waals surface area contributed by atoms with Gasteiger partial charge in [0.25, 0.3) is 0 Å². The molecule has 1 fully saturated rings. The van der Waals surface area contributed by atoms with Crippen molar-refractivity contribution >= 4 is 17.5 Å². The average Bonchev–Trinajstić information content (AvgIpc) is 3.18. The molecule has 7 nitrogen and oxygen atoms in total. The molecule has 2 aliphatic rings.